The highest BCUT2D eigenvalue weighted by Crippen LogP contribution is 2.43. The molecule has 2 aromatic rings. The van der Waals surface area contributed by atoms with Gasteiger partial charge in [0, 0.05) is 5.92 Å². The fraction of sp³-hybridized carbons (Fsp3) is 0.417. The van der Waals surface area contributed by atoms with Crippen LogP contribution in [0.4, 0.5) is 0 Å². The van der Waals surface area contributed by atoms with Crippen LogP contribution in [-0.2, 0) is 6.42 Å². The predicted octanol–water partition coefficient (Wildman–Crippen LogP) is 3.74. The van der Waals surface area contributed by atoms with E-state index in [1.54, 1.807) is 0 Å². The molecule has 3 rings (SSSR count). The Bertz CT molecular complexity index is 468. The maximum absolute atomic E-state index is 4.67. The van der Waals surface area contributed by atoms with Crippen LogP contribution in [0.25, 0.3) is 10.2 Å². The van der Waals surface area contributed by atoms with E-state index in [-0.39, 0.29) is 0 Å². The molecule has 1 aliphatic rings. The molecule has 1 saturated carbocycles. The van der Waals surface area contributed by atoms with Gasteiger partial charge in [-0.15, -0.1) is 11.3 Å². The molecule has 0 saturated heterocycles. The smallest absolute Gasteiger partial charge is 0.0969 e. The van der Waals surface area contributed by atoms with Gasteiger partial charge in [-0.05, 0) is 37.0 Å². The van der Waals surface area contributed by atoms with Gasteiger partial charge in [0.2, 0.25) is 0 Å². The molecule has 1 heterocycles. The SMILES string of the molecule is CCc1ccc2nc(C3CC3)sc2c1. The van der Waals surface area contributed by atoms with Crippen molar-refractivity contribution in [2.75, 3.05) is 0 Å². The summed E-state index contributed by atoms with van der Waals surface area (Å²) < 4.78 is 1.37. The Labute approximate surface area is 87.8 Å². The molecule has 14 heavy (non-hydrogen) atoms. The van der Waals surface area contributed by atoms with E-state index in [4.69, 9.17) is 0 Å². The van der Waals surface area contributed by atoms with Crippen LogP contribution in [0.5, 0.6) is 0 Å². The molecule has 0 radical (unpaired) electrons. The van der Waals surface area contributed by atoms with Gasteiger partial charge in [0.25, 0.3) is 0 Å². The van der Waals surface area contributed by atoms with Crippen LogP contribution < -0.4 is 0 Å². The highest BCUT2D eigenvalue weighted by Gasteiger charge is 2.26. The average molecular weight is 203 g/mol. The molecule has 1 aliphatic carbocycles. The molecule has 0 amide bonds. The maximum atomic E-state index is 4.67. The third kappa shape index (κ3) is 1.34. The lowest BCUT2D eigenvalue weighted by Crippen LogP contribution is -1.77. The number of hydrogen-bond acceptors (Lipinski definition) is 2. The molecule has 0 bridgehead atoms. The molecular formula is C12H13NS. The van der Waals surface area contributed by atoms with Gasteiger partial charge in [0.05, 0.1) is 15.2 Å². The Kier molecular flexibility index (Phi) is 1.84. The van der Waals surface area contributed by atoms with Crippen LogP contribution in [0.3, 0.4) is 0 Å². The van der Waals surface area contributed by atoms with Crippen LogP contribution in [-0.4, -0.2) is 4.98 Å². The lowest BCUT2D eigenvalue weighted by Gasteiger charge is -1.93. The van der Waals surface area contributed by atoms with E-state index in [1.165, 1.54) is 33.6 Å². The zero-order valence-corrected chi connectivity index (χ0v) is 9.10. The summed E-state index contributed by atoms with van der Waals surface area (Å²) in [6, 6.07) is 6.65. The maximum Gasteiger partial charge on any atom is 0.0969 e. The van der Waals surface area contributed by atoms with Gasteiger partial charge >= 0.3 is 0 Å². The van der Waals surface area contributed by atoms with Gasteiger partial charge in [-0.2, -0.15) is 0 Å². The van der Waals surface area contributed by atoms with Crippen molar-refractivity contribution in [2.45, 2.75) is 32.1 Å². The van der Waals surface area contributed by atoms with Crippen molar-refractivity contribution in [3.8, 4) is 0 Å². The van der Waals surface area contributed by atoms with Gasteiger partial charge in [0.1, 0.15) is 0 Å². The summed E-state index contributed by atoms with van der Waals surface area (Å²) >= 11 is 1.89. The third-order valence-electron chi connectivity index (χ3n) is 2.80. The molecule has 0 atom stereocenters. The van der Waals surface area contributed by atoms with Crippen LogP contribution in [0.15, 0.2) is 18.2 Å². The second-order valence-electron chi connectivity index (χ2n) is 3.98. The van der Waals surface area contributed by atoms with E-state index in [2.05, 4.69) is 30.1 Å². The summed E-state index contributed by atoms with van der Waals surface area (Å²) in [6.45, 7) is 2.20. The minimum Gasteiger partial charge on any atom is -0.241 e. The molecule has 72 valence electrons. The highest BCUT2D eigenvalue weighted by atomic mass is 32.1. The van der Waals surface area contributed by atoms with Gasteiger partial charge in [-0.25, -0.2) is 4.98 Å². The zero-order chi connectivity index (χ0) is 9.54. The second kappa shape index (κ2) is 3.06. The molecule has 1 fully saturated rings. The number of thiazole rings is 1. The quantitative estimate of drug-likeness (QED) is 0.724. The van der Waals surface area contributed by atoms with Crippen LogP contribution in [0.1, 0.15) is 36.3 Å². The first-order valence-electron chi connectivity index (χ1n) is 5.26. The van der Waals surface area contributed by atoms with Gasteiger partial charge < -0.3 is 0 Å². The first-order valence-corrected chi connectivity index (χ1v) is 6.08. The van der Waals surface area contributed by atoms with Crippen LogP contribution in [0.2, 0.25) is 0 Å². The molecule has 1 aromatic heterocycles. The molecule has 1 nitrogen and oxygen atoms in total. The van der Waals surface area contributed by atoms with Gasteiger partial charge in [-0.3, -0.25) is 0 Å². The predicted molar refractivity (Wildman–Crippen MR) is 61.0 cm³/mol. The number of rotatable bonds is 2. The summed E-state index contributed by atoms with van der Waals surface area (Å²) in [5.41, 5.74) is 2.61. The molecule has 1 aromatic carbocycles. The van der Waals surface area contributed by atoms with Crippen molar-refractivity contribution in [1.29, 1.82) is 0 Å². The second-order valence-corrected chi connectivity index (χ2v) is 5.04. The van der Waals surface area contributed by atoms with E-state index in [9.17, 15) is 0 Å². The Balaban J connectivity index is 2.12. The van der Waals surface area contributed by atoms with Crippen LogP contribution in [0, 0.1) is 0 Å². The summed E-state index contributed by atoms with van der Waals surface area (Å²) in [6.07, 6.45) is 3.81. The summed E-state index contributed by atoms with van der Waals surface area (Å²) in [7, 11) is 0. The van der Waals surface area contributed by atoms with Gasteiger partial charge in [-0.1, -0.05) is 13.0 Å². The Morgan fingerprint density at radius 3 is 3.00 bits per heavy atom. The van der Waals surface area contributed by atoms with Crippen molar-refractivity contribution in [1.82, 2.24) is 4.98 Å². The summed E-state index contributed by atoms with van der Waals surface area (Å²) in [5, 5.41) is 1.35. The largest absolute Gasteiger partial charge is 0.241 e. The van der Waals surface area contributed by atoms with E-state index >= 15 is 0 Å². The van der Waals surface area contributed by atoms with Crippen molar-refractivity contribution in [3.05, 3.63) is 28.8 Å². The summed E-state index contributed by atoms with van der Waals surface area (Å²) in [4.78, 5) is 4.67. The Hall–Kier alpha value is -0.890. The fourth-order valence-electron chi connectivity index (χ4n) is 1.71. The van der Waals surface area contributed by atoms with E-state index in [0.29, 0.717) is 0 Å². The Morgan fingerprint density at radius 2 is 2.29 bits per heavy atom. The molecule has 0 unspecified atom stereocenters. The molecule has 2 heteroatoms. The van der Waals surface area contributed by atoms with E-state index in [1.807, 2.05) is 11.3 Å². The lowest BCUT2D eigenvalue weighted by atomic mass is 10.2. The third-order valence-corrected chi connectivity index (χ3v) is 3.98. The van der Waals surface area contributed by atoms with Crippen molar-refractivity contribution < 1.29 is 0 Å². The van der Waals surface area contributed by atoms with E-state index in [0.717, 1.165) is 12.3 Å². The first-order chi connectivity index (χ1) is 6.86. The Morgan fingerprint density at radius 1 is 1.43 bits per heavy atom. The fourth-order valence-corrected chi connectivity index (χ4v) is 2.91. The monoisotopic (exact) mass is 203 g/mol. The lowest BCUT2D eigenvalue weighted by molar-refractivity contribution is 1.10. The van der Waals surface area contributed by atoms with Crippen molar-refractivity contribution >= 4 is 21.6 Å². The van der Waals surface area contributed by atoms with Crippen molar-refractivity contribution in [2.24, 2.45) is 0 Å². The number of benzene rings is 1. The van der Waals surface area contributed by atoms with Crippen molar-refractivity contribution in [3.63, 3.8) is 0 Å². The number of aromatic nitrogens is 1. The normalized spacial score (nSPS) is 16.4. The first kappa shape index (κ1) is 8.42. The average Bonchev–Trinajstić information content (AvgIpc) is 2.97. The van der Waals surface area contributed by atoms with E-state index < -0.39 is 0 Å². The molecule has 0 aliphatic heterocycles. The number of nitrogens with zero attached hydrogens (tertiary/aromatic N) is 1. The van der Waals surface area contributed by atoms with Crippen LogP contribution >= 0.6 is 11.3 Å². The molecular weight excluding hydrogens is 190 g/mol. The minimum absolute atomic E-state index is 0.789. The molecule has 0 N–H and O–H groups in total. The standard InChI is InChI=1S/C12H13NS/c1-2-8-3-6-10-11(7-8)14-12(13-10)9-4-5-9/h3,6-7,9H,2,4-5H2,1H3. The zero-order valence-electron chi connectivity index (χ0n) is 8.29. The molecule has 0 spiro atoms. The minimum atomic E-state index is 0.789. The number of aryl methyl sites for hydroxylation is 1. The number of hydrogen-bond donors (Lipinski definition) is 0. The summed E-state index contributed by atoms with van der Waals surface area (Å²) in [5.74, 6) is 0.789. The highest BCUT2D eigenvalue weighted by molar-refractivity contribution is 7.18. The topological polar surface area (TPSA) is 12.9 Å². The van der Waals surface area contributed by atoms with Gasteiger partial charge in [0.15, 0.2) is 0 Å². The number of fused-ring (bicyclic) bond motifs is 1.